The van der Waals surface area contributed by atoms with Crippen molar-refractivity contribution in [2.24, 2.45) is 0 Å². The highest BCUT2D eigenvalue weighted by atomic mass is 19.1. The van der Waals surface area contributed by atoms with E-state index in [1.165, 1.54) is 18.3 Å². The first-order chi connectivity index (χ1) is 13.1. The number of hydrogen-bond donors (Lipinski definition) is 2. The Labute approximate surface area is 156 Å². The molecule has 0 fully saturated rings. The van der Waals surface area contributed by atoms with E-state index in [2.05, 4.69) is 15.6 Å². The molecule has 0 radical (unpaired) electrons. The van der Waals surface area contributed by atoms with Crippen molar-refractivity contribution >= 4 is 11.6 Å². The first kappa shape index (κ1) is 18.5. The summed E-state index contributed by atoms with van der Waals surface area (Å²) in [4.78, 5) is 16.3. The summed E-state index contributed by atoms with van der Waals surface area (Å²) in [5.74, 6) is -0.874. The number of anilines is 1. The highest BCUT2D eigenvalue weighted by Crippen LogP contribution is 2.13. The summed E-state index contributed by atoms with van der Waals surface area (Å²) in [5, 5.41) is 5.81. The van der Waals surface area contributed by atoms with E-state index in [4.69, 9.17) is 0 Å². The van der Waals surface area contributed by atoms with Crippen molar-refractivity contribution in [1.29, 1.82) is 0 Å². The van der Waals surface area contributed by atoms with Crippen LogP contribution in [0.25, 0.3) is 0 Å². The number of rotatable bonds is 7. The number of halogens is 2. The number of hydrogen-bond acceptors (Lipinski definition) is 3. The molecule has 138 valence electrons. The van der Waals surface area contributed by atoms with Gasteiger partial charge in [0.15, 0.2) is 0 Å². The Balaban J connectivity index is 1.55. The van der Waals surface area contributed by atoms with E-state index in [0.29, 0.717) is 35.3 Å². The summed E-state index contributed by atoms with van der Waals surface area (Å²) < 4.78 is 27.2. The molecule has 0 spiro atoms. The first-order valence-corrected chi connectivity index (χ1v) is 8.57. The summed E-state index contributed by atoms with van der Waals surface area (Å²) in [7, 11) is 0. The standard InChI is InChI=1S/C21H19F2N3O/c22-19-7-3-1-5-15(19)9-10-25-21(27)17-11-18(14-24-12-17)26-13-16-6-2-4-8-20(16)23/h1-8,11-12,14,26H,9-10,13H2,(H,25,27). The van der Waals surface area contributed by atoms with Crippen LogP contribution in [0.5, 0.6) is 0 Å². The maximum atomic E-state index is 13.7. The average Bonchev–Trinajstić information content (AvgIpc) is 2.69. The molecule has 0 atom stereocenters. The minimum Gasteiger partial charge on any atom is -0.380 e. The SMILES string of the molecule is O=C(NCCc1ccccc1F)c1cncc(NCc2ccccc2F)c1. The van der Waals surface area contributed by atoms with Gasteiger partial charge in [0, 0.05) is 31.0 Å². The number of benzene rings is 2. The minimum absolute atomic E-state index is 0.284. The van der Waals surface area contributed by atoms with Crippen LogP contribution in [0.4, 0.5) is 14.5 Å². The third kappa shape index (κ3) is 5.10. The van der Waals surface area contributed by atoms with Crippen LogP contribution < -0.4 is 10.6 Å². The van der Waals surface area contributed by atoms with Crippen LogP contribution in [-0.2, 0) is 13.0 Å². The van der Waals surface area contributed by atoms with Crippen LogP contribution in [0.15, 0.2) is 67.0 Å². The van der Waals surface area contributed by atoms with Gasteiger partial charge < -0.3 is 10.6 Å². The van der Waals surface area contributed by atoms with Crippen molar-refractivity contribution in [3.05, 3.63) is 95.3 Å². The second-order valence-corrected chi connectivity index (χ2v) is 6.00. The summed E-state index contributed by atoms with van der Waals surface area (Å²) >= 11 is 0. The normalized spacial score (nSPS) is 10.4. The quantitative estimate of drug-likeness (QED) is 0.665. The van der Waals surface area contributed by atoms with Gasteiger partial charge in [0.2, 0.25) is 0 Å². The fourth-order valence-corrected chi connectivity index (χ4v) is 2.61. The molecule has 4 nitrogen and oxygen atoms in total. The van der Waals surface area contributed by atoms with Crippen molar-refractivity contribution in [3.8, 4) is 0 Å². The largest absolute Gasteiger partial charge is 0.380 e. The molecular formula is C21H19F2N3O. The van der Waals surface area contributed by atoms with Gasteiger partial charge in [0.25, 0.3) is 5.91 Å². The van der Waals surface area contributed by atoms with E-state index in [0.717, 1.165) is 0 Å². The van der Waals surface area contributed by atoms with Gasteiger partial charge in [-0.2, -0.15) is 0 Å². The predicted molar refractivity (Wildman–Crippen MR) is 100 cm³/mol. The molecule has 6 heteroatoms. The molecule has 0 aliphatic heterocycles. The Bertz CT molecular complexity index is 931. The fraction of sp³-hybridized carbons (Fsp3) is 0.143. The Morgan fingerprint density at radius 2 is 1.59 bits per heavy atom. The lowest BCUT2D eigenvalue weighted by Gasteiger charge is -2.09. The highest BCUT2D eigenvalue weighted by Gasteiger charge is 2.08. The third-order valence-electron chi connectivity index (χ3n) is 4.08. The van der Waals surface area contributed by atoms with Gasteiger partial charge in [-0.05, 0) is 30.2 Å². The zero-order valence-electron chi connectivity index (χ0n) is 14.6. The number of aromatic nitrogens is 1. The lowest BCUT2D eigenvalue weighted by Crippen LogP contribution is -2.26. The number of nitrogens with zero attached hydrogens (tertiary/aromatic N) is 1. The van der Waals surface area contributed by atoms with Crippen LogP contribution in [0.2, 0.25) is 0 Å². The molecule has 0 saturated heterocycles. The molecule has 1 aromatic heterocycles. The number of nitrogens with one attached hydrogen (secondary N) is 2. The molecule has 1 amide bonds. The Kier molecular flexibility index (Phi) is 6.10. The zero-order valence-corrected chi connectivity index (χ0v) is 14.6. The zero-order chi connectivity index (χ0) is 19.1. The molecule has 0 aliphatic rings. The summed E-state index contributed by atoms with van der Waals surface area (Å²) in [6.07, 6.45) is 3.42. The van der Waals surface area contributed by atoms with Gasteiger partial charge in [0.05, 0.1) is 11.3 Å². The molecule has 2 N–H and O–H groups in total. The van der Waals surface area contributed by atoms with Crippen molar-refractivity contribution < 1.29 is 13.6 Å². The van der Waals surface area contributed by atoms with E-state index in [1.807, 2.05) is 0 Å². The molecule has 27 heavy (non-hydrogen) atoms. The maximum absolute atomic E-state index is 13.7. The number of amides is 1. The van der Waals surface area contributed by atoms with Crippen LogP contribution in [-0.4, -0.2) is 17.4 Å². The van der Waals surface area contributed by atoms with Crippen LogP contribution in [0.1, 0.15) is 21.5 Å². The van der Waals surface area contributed by atoms with E-state index in [9.17, 15) is 13.6 Å². The van der Waals surface area contributed by atoms with Gasteiger partial charge in [-0.25, -0.2) is 8.78 Å². The Morgan fingerprint density at radius 3 is 2.30 bits per heavy atom. The monoisotopic (exact) mass is 367 g/mol. The van der Waals surface area contributed by atoms with Crippen molar-refractivity contribution in [2.75, 3.05) is 11.9 Å². The van der Waals surface area contributed by atoms with E-state index >= 15 is 0 Å². The second-order valence-electron chi connectivity index (χ2n) is 6.00. The van der Waals surface area contributed by atoms with Crippen LogP contribution in [0, 0.1) is 11.6 Å². The highest BCUT2D eigenvalue weighted by molar-refractivity contribution is 5.94. The molecular weight excluding hydrogens is 348 g/mol. The molecule has 0 unspecified atom stereocenters. The summed E-state index contributed by atoms with van der Waals surface area (Å²) in [5.41, 5.74) is 2.07. The van der Waals surface area contributed by atoms with Gasteiger partial charge >= 0.3 is 0 Å². The van der Waals surface area contributed by atoms with Crippen molar-refractivity contribution in [3.63, 3.8) is 0 Å². The second kappa shape index (κ2) is 8.89. The fourth-order valence-electron chi connectivity index (χ4n) is 2.61. The molecule has 1 heterocycles. The van der Waals surface area contributed by atoms with E-state index in [1.54, 1.807) is 48.7 Å². The van der Waals surface area contributed by atoms with Gasteiger partial charge in [0.1, 0.15) is 11.6 Å². The molecule has 0 aliphatic carbocycles. The topological polar surface area (TPSA) is 54.0 Å². The third-order valence-corrected chi connectivity index (χ3v) is 4.08. The van der Waals surface area contributed by atoms with E-state index < -0.39 is 0 Å². The average molecular weight is 367 g/mol. The molecule has 0 bridgehead atoms. The summed E-state index contributed by atoms with van der Waals surface area (Å²) in [6.45, 7) is 0.597. The first-order valence-electron chi connectivity index (χ1n) is 8.57. The predicted octanol–water partition coefficient (Wildman–Crippen LogP) is 3.94. The molecule has 0 saturated carbocycles. The van der Waals surface area contributed by atoms with Crippen LogP contribution >= 0.6 is 0 Å². The molecule has 3 rings (SSSR count). The van der Waals surface area contributed by atoms with Gasteiger partial charge in [-0.3, -0.25) is 9.78 Å². The molecule has 3 aromatic rings. The lowest BCUT2D eigenvalue weighted by atomic mass is 10.1. The molecule has 2 aromatic carbocycles. The number of carbonyl (C=O) groups is 1. The Hall–Kier alpha value is -3.28. The van der Waals surface area contributed by atoms with E-state index in [-0.39, 0.29) is 24.1 Å². The lowest BCUT2D eigenvalue weighted by molar-refractivity contribution is 0.0953. The van der Waals surface area contributed by atoms with Gasteiger partial charge in [-0.1, -0.05) is 36.4 Å². The van der Waals surface area contributed by atoms with Gasteiger partial charge in [-0.15, -0.1) is 0 Å². The van der Waals surface area contributed by atoms with Crippen molar-refractivity contribution in [2.45, 2.75) is 13.0 Å². The number of carbonyl (C=O) groups excluding carboxylic acids is 1. The summed E-state index contributed by atoms with van der Waals surface area (Å²) in [6, 6.07) is 14.6. The van der Waals surface area contributed by atoms with Crippen molar-refractivity contribution in [1.82, 2.24) is 10.3 Å². The van der Waals surface area contributed by atoms with Crippen LogP contribution in [0.3, 0.4) is 0 Å². The Morgan fingerprint density at radius 1 is 0.926 bits per heavy atom. The minimum atomic E-state index is -0.298. The maximum Gasteiger partial charge on any atom is 0.252 e. The smallest absolute Gasteiger partial charge is 0.252 e. The number of pyridine rings is 1.